The SMILES string of the molecule is C=CC(C)(CC1CN(CC(=O)O)CCN(CC(=O)O)CCN(CC(=O)O)CCN1CC(=O)O)C(C)Nc1nc(NCN(Cc2nccn2CC(=O)O)Cc2nccn2CC(=O)O)nc(N2CCN(CCCCCCCCCCC(=O)NCCCC[C@H](NC(=O)N[C@@H](CCC(=O)O)C(=O)O)C(=O)O)CC2)n1. The van der Waals surface area contributed by atoms with E-state index in [1.807, 2.05) is 23.6 Å². The summed E-state index contributed by atoms with van der Waals surface area (Å²) in [6.45, 7) is 10.0. The number of carboxylic acid groups (broad SMARTS) is 9. The monoisotopic (exact) mass is 1480 g/mol. The number of aromatic nitrogens is 7. The number of carboxylic acids is 9. The first kappa shape index (κ1) is 85.9. The maximum absolute atomic E-state index is 12.7. The van der Waals surface area contributed by atoms with Crippen LogP contribution in [0.5, 0.6) is 0 Å². The van der Waals surface area contributed by atoms with Crippen LogP contribution in [0.2, 0.25) is 0 Å². The van der Waals surface area contributed by atoms with Crippen LogP contribution in [0.4, 0.5) is 22.6 Å². The molecule has 0 aromatic carbocycles. The summed E-state index contributed by atoms with van der Waals surface area (Å²) < 4.78 is 2.95. The van der Waals surface area contributed by atoms with E-state index in [-0.39, 0.29) is 122 Å². The number of amides is 3. The van der Waals surface area contributed by atoms with Crippen molar-refractivity contribution in [1.29, 1.82) is 0 Å². The van der Waals surface area contributed by atoms with Gasteiger partial charge in [-0.05, 0) is 58.4 Å². The molecule has 0 radical (unpaired) electrons. The summed E-state index contributed by atoms with van der Waals surface area (Å²) in [5, 5.41) is 101. The second kappa shape index (κ2) is 44.8. The van der Waals surface area contributed by atoms with Gasteiger partial charge in [0.2, 0.25) is 23.8 Å². The van der Waals surface area contributed by atoms with Crippen LogP contribution >= 0.6 is 0 Å². The zero-order valence-electron chi connectivity index (χ0n) is 59.8. The van der Waals surface area contributed by atoms with E-state index in [1.54, 1.807) is 25.7 Å². The van der Waals surface area contributed by atoms with Gasteiger partial charge in [-0.1, -0.05) is 51.5 Å². The summed E-state index contributed by atoms with van der Waals surface area (Å²) in [6.07, 6.45) is 15.8. The van der Waals surface area contributed by atoms with Gasteiger partial charge in [0.15, 0.2) is 0 Å². The van der Waals surface area contributed by atoms with Gasteiger partial charge in [-0.3, -0.25) is 67.8 Å². The summed E-state index contributed by atoms with van der Waals surface area (Å²) in [7, 11) is 0. The predicted octanol–water partition coefficient (Wildman–Crippen LogP) is 0.807. The average Bonchev–Trinajstić information content (AvgIpc) is 1.18. The van der Waals surface area contributed by atoms with E-state index in [0.717, 1.165) is 51.5 Å². The van der Waals surface area contributed by atoms with Crippen molar-refractivity contribution in [3.63, 3.8) is 0 Å². The van der Waals surface area contributed by atoms with Crippen molar-refractivity contribution in [2.24, 2.45) is 5.41 Å². The zero-order valence-corrected chi connectivity index (χ0v) is 59.8. The Kier molecular flexibility index (Phi) is 36.7. The van der Waals surface area contributed by atoms with Crippen LogP contribution in [0.1, 0.15) is 122 Å². The molecule has 14 N–H and O–H groups in total. The van der Waals surface area contributed by atoms with Gasteiger partial charge in [-0.15, -0.1) is 6.58 Å². The highest BCUT2D eigenvalue weighted by Crippen LogP contribution is 2.34. The molecule has 2 aliphatic heterocycles. The molecule has 5 heterocycles. The molecule has 0 aliphatic carbocycles. The lowest BCUT2D eigenvalue weighted by atomic mass is 9.77. The van der Waals surface area contributed by atoms with E-state index in [0.29, 0.717) is 76.0 Å². The van der Waals surface area contributed by atoms with Crippen molar-refractivity contribution in [3.8, 4) is 0 Å². The molecular weight excluding hydrogens is 1380 g/mol. The Labute approximate surface area is 608 Å². The number of carbonyl (C=O) groups excluding carboxylic acids is 2. The van der Waals surface area contributed by atoms with Crippen molar-refractivity contribution in [2.45, 2.75) is 161 Å². The van der Waals surface area contributed by atoms with Gasteiger partial charge in [-0.2, -0.15) is 15.0 Å². The number of carbonyl (C=O) groups is 11. The smallest absolute Gasteiger partial charge is 0.326 e. The minimum Gasteiger partial charge on any atom is -0.481 e. The Morgan fingerprint density at radius 1 is 0.552 bits per heavy atom. The molecule has 0 spiro atoms. The second-order valence-corrected chi connectivity index (χ2v) is 26.7. The van der Waals surface area contributed by atoms with E-state index in [4.69, 9.17) is 20.1 Å². The topological polar surface area (TPSA) is 527 Å². The van der Waals surface area contributed by atoms with Gasteiger partial charge >= 0.3 is 59.8 Å². The third-order valence-electron chi connectivity index (χ3n) is 18.5. The summed E-state index contributed by atoms with van der Waals surface area (Å²) in [5.74, 6) is -9.53. The van der Waals surface area contributed by atoms with Crippen LogP contribution in [0.15, 0.2) is 37.4 Å². The molecule has 3 amide bonds. The highest BCUT2D eigenvalue weighted by molar-refractivity contribution is 5.86. The molecule has 3 unspecified atom stereocenters. The van der Waals surface area contributed by atoms with Crippen molar-refractivity contribution in [2.75, 3.05) is 133 Å². The number of imidazole rings is 2. The largest absolute Gasteiger partial charge is 0.481 e. The number of nitrogens with zero attached hydrogens (tertiary/aromatic N) is 14. The lowest BCUT2D eigenvalue weighted by molar-refractivity contribution is -0.142. The number of piperazine rings is 1. The Bertz CT molecular complexity index is 3280. The second-order valence-electron chi connectivity index (χ2n) is 26.7. The third kappa shape index (κ3) is 32.9. The average molecular weight is 1480 g/mol. The first-order valence-electron chi connectivity index (χ1n) is 35.3. The van der Waals surface area contributed by atoms with Crippen LogP contribution in [0.25, 0.3) is 0 Å². The molecule has 584 valence electrons. The summed E-state index contributed by atoms with van der Waals surface area (Å²) in [4.78, 5) is 168. The van der Waals surface area contributed by atoms with Crippen LogP contribution in [-0.2, 0) is 74.1 Å². The highest BCUT2D eigenvalue weighted by Gasteiger charge is 2.37. The van der Waals surface area contributed by atoms with Crippen molar-refractivity contribution >= 4 is 83.5 Å². The van der Waals surface area contributed by atoms with Gasteiger partial charge in [0.05, 0.1) is 45.9 Å². The Hall–Kier alpha value is -9.70. The number of urea groups is 1. The normalized spacial score (nSPS) is 16.8. The highest BCUT2D eigenvalue weighted by atomic mass is 16.4. The molecule has 5 rings (SSSR count). The van der Waals surface area contributed by atoms with E-state index >= 15 is 0 Å². The number of hydrogen-bond acceptors (Lipinski definition) is 25. The first-order valence-corrected chi connectivity index (χ1v) is 35.3. The van der Waals surface area contributed by atoms with Gasteiger partial charge in [0.1, 0.15) is 36.8 Å². The fourth-order valence-corrected chi connectivity index (χ4v) is 12.4. The van der Waals surface area contributed by atoms with Crippen molar-refractivity contribution in [3.05, 3.63) is 49.1 Å². The molecule has 2 saturated heterocycles. The van der Waals surface area contributed by atoms with Crippen LogP contribution in [0.3, 0.4) is 0 Å². The maximum atomic E-state index is 12.7. The summed E-state index contributed by atoms with van der Waals surface area (Å²) in [5.41, 5.74) is -0.950. The van der Waals surface area contributed by atoms with E-state index in [2.05, 4.69) is 48.0 Å². The fraction of sp³-hybridized carbons (Fsp3) is 0.667. The van der Waals surface area contributed by atoms with E-state index < -0.39 is 115 Å². The van der Waals surface area contributed by atoms with Crippen molar-refractivity contribution < 1.29 is 98.7 Å². The molecule has 39 nitrogen and oxygen atoms in total. The Morgan fingerprint density at radius 3 is 1.56 bits per heavy atom. The molecule has 5 atom stereocenters. The molecule has 2 aliphatic rings. The minimum atomic E-state index is -1.52. The molecule has 3 aromatic rings. The molecule has 0 bridgehead atoms. The lowest BCUT2D eigenvalue weighted by Crippen LogP contribution is -2.54. The van der Waals surface area contributed by atoms with Crippen LogP contribution in [0, 0.1) is 5.41 Å². The lowest BCUT2D eigenvalue weighted by Gasteiger charge is -2.43. The Balaban J connectivity index is 1.23. The quantitative estimate of drug-likeness (QED) is 0.0211. The van der Waals surface area contributed by atoms with Crippen molar-refractivity contribution in [1.82, 2.24) is 79.4 Å². The number of nitrogens with one attached hydrogen (secondary N) is 5. The standard InChI is InChI=1S/C66H105N19O20/c1-4-66(3,35-47-36-80(41-56(93)94)28-27-78(39-54(89)90)25-26-79(40-55(91)92)31-34-83(47)42-57(95)96)46(2)71-63-74-62(70-45-81(37-50-67-20-23-84(50)43-58(97)98)38-51-68-21-24-85(51)44-59(99)100)75-64(76-63)82-32-29-77(30-33-82)22-14-10-8-6-5-7-9-11-16-52(86)69-19-13-12-15-48(60(101)102)72-65(105)73-49(61(103)104)17-18-53(87)88/h4,20-21,23-24,46-49H,1,5-19,22,25-45H2,2-3H3,(H,69,86)(H,87,88)(H,89,90)(H,91,92)(H,93,94)(H,95,96)(H,97,98)(H,99,100)(H,101,102)(H,103,104)(H2,72,73,105)(H2,70,71,74,75,76)/t46?,47?,48-,49-,66?/m0/s1. The number of anilines is 3. The van der Waals surface area contributed by atoms with Crippen LogP contribution < -0.4 is 31.5 Å². The molecule has 105 heavy (non-hydrogen) atoms. The van der Waals surface area contributed by atoms with Crippen LogP contribution in [-0.4, -0.2) is 317 Å². The molecule has 0 saturated carbocycles. The van der Waals surface area contributed by atoms with E-state index in [1.165, 1.54) is 33.9 Å². The zero-order chi connectivity index (χ0) is 77.0. The first-order chi connectivity index (χ1) is 50.0. The number of hydrogen-bond donors (Lipinski definition) is 14. The molecule has 39 heteroatoms. The summed E-state index contributed by atoms with van der Waals surface area (Å²) >= 11 is 0. The fourth-order valence-electron chi connectivity index (χ4n) is 12.4. The van der Waals surface area contributed by atoms with Gasteiger partial charge < -0.3 is 86.6 Å². The van der Waals surface area contributed by atoms with Gasteiger partial charge in [0.25, 0.3) is 0 Å². The number of aliphatic carboxylic acids is 9. The molecular formula is C66H105N19O20. The molecule has 2 fully saturated rings. The maximum Gasteiger partial charge on any atom is 0.326 e. The summed E-state index contributed by atoms with van der Waals surface area (Å²) in [6, 6.07) is -5.19. The van der Waals surface area contributed by atoms with Gasteiger partial charge in [0, 0.05) is 134 Å². The third-order valence-corrected chi connectivity index (χ3v) is 18.5. The number of rotatable bonds is 49. The predicted molar refractivity (Wildman–Crippen MR) is 377 cm³/mol. The van der Waals surface area contributed by atoms with Gasteiger partial charge in [-0.25, -0.2) is 24.4 Å². The minimum absolute atomic E-state index is 0.00213. The number of unbranched alkanes of at least 4 members (excludes halogenated alkanes) is 8. The Morgan fingerprint density at radius 2 is 1.04 bits per heavy atom. The van der Waals surface area contributed by atoms with E-state index in [9.17, 15) is 93.6 Å². The molecule has 3 aromatic heterocycles.